The Kier molecular flexibility index (Phi) is 6.21. The predicted octanol–water partition coefficient (Wildman–Crippen LogP) is 5.04. The summed E-state index contributed by atoms with van der Waals surface area (Å²) in [6.45, 7) is 1.89. The number of ketones is 1. The maximum absolute atomic E-state index is 12.7. The van der Waals surface area contributed by atoms with Gasteiger partial charge in [-0.15, -0.1) is 0 Å². The molecular formula is C23H20ClN3O3S. The summed E-state index contributed by atoms with van der Waals surface area (Å²) in [6.07, 6.45) is 3.46. The number of carbonyl (C=O) groups excluding carboxylic acids is 2. The molecular weight excluding hydrogens is 434 g/mol. The zero-order valence-corrected chi connectivity index (χ0v) is 18.4. The van der Waals surface area contributed by atoms with Gasteiger partial charge in [0.15, 0.2) is 5.78 Å². The number of aryl methyl sites for hydroxylation is 1. The van der Waals surface area contributed by atoms with Gasteiger partial charge in [-0.3, -0.25) is 9.59 Å². The summed E-state index contributed by atoms with van der Waals surface area (Å²) in [4.78, 5) is 25.2. The summed E-state index contributed by atoms with van der Waals surface area (Å²) >= 11 is 7.27. The number of hydrogen-bond acceptors (Lipinski definition) is 6. The number of hydrogen-bond donors (Lipinski definition) is 2. The lowest BCUT2D eigenvalue weighted by Crippen LogP contribution is -2.31. The maximum atomic E-state index is 12.7. The van der Waals surface area contributed by atoms with Gasteiger partial charge in [-0.25, -0.2) is 0 Å². The van der Waals surface area contributed by atoms with Crippen LogP contribution in [0.15, 0.2) is 62.9 Å². The molecule has 0 bridgehead atoms. The number of anilines is 1. The SMILES string of the molecule is Cc1ccc(Cl)cc1NC(=O)CSC1=C(C#N)C(c2ccco2)C2=C(CCCC2=O)N1. The average molecular weight is 454 g/mol. The van der Waals surface area contributed by atoms with E-state index in [1.54, 1.807) is 24.3 Å². The van der Waals surface area contributed by atoms with E-state index in [2.05, 4.69) is 16.7 Å². The smallest absolute Gasteiger partial charge is 0.234 e. The van der Waals surface area contributed by atoms with Crippen LogP contribution in [0.25, 0.3) is 0 Å². The Labute approximate surface area is 189 Å². The minimum Gasteiger partial charge on any atom is -0.468 e. The monoisotopic (exact) mass is 453 g/mol. The topological polar surface area (TPSA) is 95.1 Å². The number of amides is 1. The molecule has 1 aromatic heterocycles. The molecule has 31 heavy (non-hydrogen) atoms. The van der Waals surface area contributed by atoms with Gasteiger partial charge >= 0.3 is 0 Å². The molecule has 2 aliphatic rings. The average Bonchev–Trinajstić information content (AvgIpc) is 3.28. The first-order valence-corrected chi connectivity index (χ1v) is 11.2. The number of carbonyl (C=O) groups is 2. The summed E-state index contributed by atoms with van der Waals surface area (Å²) < 4.78 is 5.58. The van der Waals surface area contributed by atoms with Gasteiger partial charge in [0.1, 0.15) is 5.76 Å². The van der Waals surface area contributed by atoms with E-state index in [4.69, 9.17) is 16.0 Å². The molecule has 2 heterocycles. The molecule has 1 atom stereocenters. The number of furan rings is 1. The molecule has 1 unspecified atom stereocenters. The van der Waals surface area contributed by atoms with E-state index in [9.17, 15) is 14.9 Å². The second-order valence-electron chi connectivity index (χ2n) is 7.39. The van der Waals surface area contributed by atoms with E-state index in [1.807, 2.05) is 13.0 Å². The molecule has 0 saturated heterocycles. The fraction of sp³-hybridized carbons (Fsp3) is 0.261. The number of dihydropyridines is 1. The van der Waals surface area contributed by atoms with Crippen molar-refractivity contribution in [3.05, 3.63) is 74.8 Å². The largest absolute Gasteiger partial charge is 0.468 e. The second-order valence-corrected chi connectivity index (χ2v) is 8.82. The van der Waals surface area contributed by atoms with Crippen LogP contribution in [0, 0.1) is 18.3 Å². The van der Waals surface area contributed by atoms with E-state index in [1.165, 1.54) is 18.0 Å². The quantitative estimate of drug-likeness (QED) is 0.658. The summed E-state index contributed by atoms with van der Waals surface area (Å²) in [6, 6.07) is 11.1. The van der Waals surface area contributed by atoms with E-state index in [-0.39, 0.29) is 17.4 Å². The first kappa shape index (κ1) is 21.3. The van der Waals surface area contributed by atoms with Crippen LogP contribution in [-0.2, 0) is 9.59 Å². The standard InChI is InChI=1S/C23H20ClN3O3S/c1-13-7-8-14(24)10-17(13)26-20(29)12-31-23-15(11-25)21(19-6-3-9-30-19)22-16(27-23)4-2-5-18(22)28/h3,6-10,21,27H,2,4-5,12H2,1H3,(H,26,29). The van der Waals surface area contributed by atoms with Crippen LogP contribution in [0.4, 0.5) is 5.69 Å². The highest BCUT2D eigenvalue weighted by Crippen LogP contribution is 2.44. The molecule has 2 N–H and O–H groups in total. The summed E-state index contributed by atoms with van der Waals surface area (Å²) in [5.41, 5.74) is 3.36. The fourth-order valence-electron chi connectivity index (χ4n) is 3.83. The van der Waals surface area contributed by atoms with Crippen molar-refractivity contribution in [2.45, 2.75) is 32.1 Å². The van der Waals surface area contributed by atoms with Crippen LogP contribution in [-0.4, -0.2) is 17.4 Å². The Hall–Kier alpha value is -2.95. The van der Waals surface area contributed by atoms with E-state index < -0.39 is 5.92 Å². The summed E-state index contributed by atoms with van der Waals surface area (Å²) in [5.74, 6) is -0.0826. The Morgan fingerprint density at radius 2 is 2.23 bits per heavy atom. The van der Waals surface area contributed by atoms with Crippen LogP contribution in [0.1, 0.15) is 36.5 Å². The Morgan fingerprint density at radius 1 is 1.39 bits per heavy atom. The van der Waals surface area contributed by atoms with E-state index in [0.717, 1.165) is 24.1 Å². The molecule has 1 aliphatic heterocycles. The van der Waals surface area contributed by atoms with Crippen LogP contribution < -0.4 is 10.6 Å². The van der Waals surface area contributed by atoms with Crippen molar-refractivity contribution in [2.75, 3.05) is 11.1 Å². The molecule has 0 saturated carbocycles. The summed E-state index contributed by atoms with van der Waals surface area (Å²) in [7, 11) is 0. The first-order chi connectivity index (χ1) is 15.0. The molecule has 0 radical (unpaired) electrons. The van der Waals surface area contributed by atoms with Crippen molar-refractivity contribution < 1.29 is 14.0 Å². The van der Waals surface area contributed by atoms with Gasteiger partial charge in [0.25, 0.3) is 0 Å². The van der Waals surface area contributed by atoms with Gasteiger partial charge in [-0.2, -0.15) is 5.26 Å². The molecule has 0 spiro atoms. The molecule has 8 heteroatoms. The van der Waals surface area contributed by atoms with Crippen molar-refractivity contribution >= 4 is 40.7 Å². The fourth-order valence-corrected chi connectivity index (χ4v) is 4.86. The van der Waals surface area contributed by atoms with Crippen molar-refractivity contribution in [3.63, 3.8) is 0 Å². The summed E-state index contributed by atoms with van der Waals surface area (Å²) in [5, 5.41) is 17.2. The first-order valence-electron chi connectivity index (χ1n) is 9.87. The van der Waals surface area contributed by atoms with E-state index >= 15 is 0 Å². The molecule has 4 rings (SSSR count). The zero-order chi connectivity index (χ0) is 22.0. The van der Waals surface area contributed by atoms with Crippen molar-refractivity contribution in [2.24, 2.45) is 0 Å². The van der Waals surface area contributed by atoms with Crippen LogP contribution >= 0.6 is 23.4 Å². The number of allylic oxidation sites excluding steroid dienone is 3. The van der Waals surface area contributed by atoms with Gasteiger partial charge in [0, 0.05) is 28.4 Å². The van der Waals surface area contributed by atoms with Gasteiger partial charge in [0.2, 0.25) is 5.91 Å². The van der Waals surface area contributed by atoms with Gasteiger partial charge in [0.05, 0.1) is 34.6 Å². The molecule has 1 aromatic carbocycles. The zero-order valence-electron chi connectivity index (χ0n) is 16.8. The van der Waals surface area contributed by atoms with E-state index in [0.29, 0.717) is 39.1 Å². The third kappa shape index (κ3) is 4.41. The number of benzene rings is 1. The highest BCUT2D eigenvalue weighted by Gasteiger charge is 2.38. The normalized spacial score (nSPS) is 18.4. The van der Waals surface area contributed by atoms with Gasteiger partial charge < -0.3 is 15.1 Å². The van der Waals surface area contributed by atoms with Crippen molar-refractivity contribution in [1.82, 2.24) is 5.32 Å². The lowest BCUT2D eigenvalue weighted by atomic mass is 9.79. The predicted molar refractivity (Wildman–Crippen MR) is 120 cm³/mol. The van der Waals surface area contributed by atoms with Crippen LogP contribution in [0.3, 0.4) is 0 Å². The minimum absolute atomic E-state index is 0.0288. The number of nitriles is 1. The number of rotatable bonds is 5. The molecule has 6 nitrogen and oxygen atoms in total. The van der Waals surface area contributed by atoms with Crippen LogP contribution in [0.5, 0.6) is 0 Å². The third-order valence-corrected chi connectivity index (χ3v) is 6.56. The van der Waals surface area contributed by atoms with Crippen molar-refractivity contribution in [3.8, 4) is 6.07 Å². The number of halogens is 1. The maximum Gasteiger partial charge on any atom is 0.234 e. The third-order valence-electron chi connectivity index (χ3n) is 5.31. The number of Topliss-reactive ketones (excluding diaryl/α,β-unsaturated/α-hetero) is 1. The highest BCUT2D eigenvalue weighted by atomic mass is 35.5. The molecule has 1 amide bonds. The number of thioether (sulfide) groups is 1. The lowest BCUT2D eigenvalue weighted by molar-refractivity contribution is -0.116. The second kappa shape index (κ2) is 9.04. The number of nitrogens with one attached hydrogen (secondary N) is 2. The number of nitrogens with zero attached hydrogens (tertiary/aromatic N) is 1. The minimum atomic E-state index is -0.551. The Morgan fingerprint density at radius 3 is 2.97 bits per heavy atom. The highest BCUT2D eigenvalue weighted by molar-refractivity contribution is 8.03. The lowest BCUT2D eigenvalue weighted by Gasteiger charge is -2.32. The van der Waals surface area contributed by atoms with Crippen molar-refractivity contribution in [1.29, 1.82) is 5.26 Å². The molecule has 158 valence electrons. The van der Waals surface area contributed by atoms with Gasteiger partial charge in [-0.1, -0.05) is 29.4 Å². The molecule has 1 aliphatic carbocycles. The Balaban J connectivity index is 1.58. The van der Waals surface area contributed by atoms with Gasteiger partial charge in [-0.05, 0) is 49.6 Å². The molecule has 0 fully saturated rings. The molecule has 2 aromatic rings. The van der Waals surface area contributed by atoms with Crippen LogP contribution in [0.2, 0.25) is 5.02 Å². The Bertz CT molecular complexity index is 1150.